The van der Waals surface area contributed by atoms with Crippen molar-refractivity contribution in [3.05, 3.63) is 28.4 Å². The zero-order valence-corrected chi connectivity index (χ0v) is 15.2. The Morgan fingerprint density at radius 3 is 2.35 bits per heavy atom. The molecule has 0 bridgehead atoms. The normalized spacial score (nSPS) is 11.7. The van der Waals surface area contributed by atoms with E-state index in [-0.39, 0.29) is 16.0 Å². The lowest BCUT2D eigenvalue weighted by atomic mass is 9.91. The second-order valence-corrected chi connectivity index (χ2v) is 7.34. The molecular formula is C18H31N3O2. The van der Waals surface area contributed by atoms with Gasteiger partial charge in [0.2, 0.25) is 5.82 Å². The molecule has 1 rings (SSSR count). The molecule has 1 aromatic heterocycles. The minimum absolute atomic E-state index is 0.110. The van der Waals surface area contributed by atoms with Gasteiger partial charge in [-0.15, -0.1) is 0 Å². The summed E-state index contributed by atoms with van der Waals surface area (Å²) in [6, 6.07) is 3.50. The number of aromatic nitrogens is 1. The molecule has 5 heteroatoms. The molecule has 0 amide bonds. The molecular weight excluding hydrogens is 290 g/mol. The SMILES string of the molecule is CCCC(CCC)N(CCC(C)(C)C)c1ncccc1[N+](=O)[O-]. The molecule has 0 radical (unpaired) electrons. The van der Waals surface area contributed by atoms with E-state index in [9.17, 15) is 10.1 Å². The standard InChI is InChI=1S/C18H31N3O2/c1-6-9-15(10-7-2)20(14-12-18(3,4)5)17-16(21(22)23)11-8-13-19-17/h8,11,13,15H,6-7,9-10,12,14H2,1-5H3. The van der Waals surface area contributed by atoms with Crippen LogP contribution in [0.3, 0.4) is 0 Å². The van der Waals surface area contributed by atoms with Crippen LogP contribution in [0, 0.1) is 15.5 Å². The Labute approximate surface area is 140 Å². The lowest BCUT2D eigenvalue weighted by molar-refractivity contribution is -0.384. The van der Waals surface area contributed by atoms with E-state index in [1.165, 1.54) is 0 Å². The summed E-state index contributed by atoms with van der Waals surface area (Å²) < 4.78 is 0. The molecule has 0 atom stereocenters. The van der Waals surface area contributed by atoms with Gasteiger partial charge in [-0.1, -0.05) is 47.5 Å². The fourth-order valence-corrected chi connectivity index (χ4v) is 2.79. The first kappa shape index (κ1) is 19.4. The zero-order valence-electron chi connectivity index (χ0n) is 15.2. The van der Waals surface area contributed by atoms with Crippen molar-refractivity contribution in [2.45, 2.75) is 72.8 Å². The topological polar surface area (TPSA) is 59.3 Å². The minimum Gasteiger partial charge on any atom is -0.348 e. The number of anilines is 1. The molecule has 0 aliphatic rings. The van der Waals surface area contributed by atoms with Gasteiger partial charge in [0.05, 0.1) is 4.92 Å². The van der Waals surface area contributed by atoms with Crippen LogP contribution in [0.25, 0.3) is 0 Å². The summed E-state index contributed by atoms with van der Waals surface area (Å²) in [4.78, 5) is 17.6. The smallest absolute Gasteiger partial charge is 0.311 e. The maximum absolute atomic E-state index is 11.4. The van der Waals surface area contributed by atoms with Crippen LogP contribution in [0.2, 0.25) is 0 Å². The molecule has 1 aromatic rings. The van der Waals surface area contributed by atoms with Gasteiger partial charge in [0.15, 0.2) is 0 Å². The van der Waals surface area contributed by atoms with E-state index in [4.69, 9.17) is 0 Å². The molecule has 5 nitrogen and oxygen atoms in total. The van der Waals surface area contributed by atoms with E-state index in [1.54, 1.807) is 18.3 Å². The summed E-state index contributed by atoms with van der Waals surface area (Å²) in [6.45, 7) is 11.7. The third-order valence-corrected chi connectivity index (χ3v) is 4.02. The Morgan fingerprint density at radius 2 is 1.87 bits per heavy atom. The van der Waals surface area contributed by atoms with Crippen LogP contribution < -0.4 is 4.90 Å². The lowest BCUT2D eigenvalue weighted by Crippen LogP contribution is -2.38. The van der Waals surface area contributed by atoms with Crippen molar-refractivity contribution in [3.63, 3.8) is 0 Å². The van der Waals surface area contributed by atoms with Crippen LogP contribution in [0.5, 0.6) is 0 Å². The van der Waals surface area contributed by atoms with E-state index >= 15 is 0 Å². The Kier molecular flexibility index (Phi) is 7.46. The third kappa shape index (κ3) is 6.16. The molecule has 0 saturated carbocycles. The largest absolute Gasteiger partial charge is 0.348 e. The van der Waals surface area contributed by atoms with E-state index in [0.717, 1.165) is 38.6 Å². The second-order valence-electron chi connectivity index (χ2n) is 7.34. The lowest BCUT2D eigenvalue weighted by Gasteiger charge is -2.34. The van der Waals surface area contributed by atoms with Crippen molar-refractivity contribution in [3.8, 4) is 0 Å². The molecule has 0 aliphatic carbocycles. The molecule has 1 heterocycles. The number of nitro groups is 1. The summed E-state index contributed by atoms with van der Waals surface area (Å²) in [6.07, 6.45) is 6.83. The van der Waals surface area contributed by atoms with E-state index in [2.05, 4.69) is 44.5 Å². The van der Waals surface area contributed by atoms with Crippen molar-refractivity contribution in [1.82, 2.24) is 4.98 Å². The van der Waals surface area contributed by atoms with Gasteiger partial charge in [0, 0.05) is 24.8 Å². The van der Waals surface area contributed by atoms with Crippen LogP contribution in [-0.4, -0.2) is 22.5 Å². The van der Waals surface area contributed by atoms with Crippen molar-refractivity contribution in [2.75, 3.05) is 11.4 Å². The number of nitrogens with zero attached hydrogens (tertiary/aromatic N) is 3. The zero-order chi connectivity index (χ0) is 17.5. The van der Waals surface area contributed by atoms with Gasteiger partial charge in [-0.25, -0.2) is 4.98 Å². The van der Waals surface area contributed by atoms with Gasteiger partial charge in [-0.05, 0) is 30.7 Å². The maximum Gasteiger partial charge on any atom is 0.311 e. The molecule has 0 aliphatic heterocycles. The van der Waals surface area contributed by atoms with Crippen molar-refractivity contribution < 1.29 is 4.92 Å². The monoisotopic (exact) mass is 321 g/mol. The molecule has 0 N–H and O–H groups in total. The van der Waals surface area contributed by atoms with Crippen LogP contribution in [-0.2, 0) is 0 Å². The van der Waals surface area contributed by atoms with E-state index < -0.39 is 0 Å². The fourth-order valence-electron chi connectivity index (χ4n) is 2.79. The Hall–Kier alpha value is -1.65. The van der Waals surface area contributed by atoms with Crippen LogP contribution in [0.4, 0.5) is 11.5 Å². The van der Waals surface area contributed by atoms with Crippen molar-refractivity contribution in [1.29, 1.82) is 0 Å². The van der Waals surface area contributed by atoms with Crippen molar-refractivity contribution >= 4 is 11.5 Å². The highest BCUT2D eigenvalue weighted by molar-refractivity contribution is 5.58. The molecule has 0 unspecified atom stereocenters. The van der Waals surface area contributed by atoms with E-state index in [0.29, 0.717) is 11.9 Å². The summed E-state index contributed by atoms with van der Waals surface area (Å²) in [5.74, 6) is 0.522. The maximum atomic E-state index is 11.4. The molecule has 0 saturated heterocycles. The quantitative estimate of drug-likeness (QED) is 0.463. The molecule has 0 fully saturated rings. The van der Waals surface area contributed by atoms with Crippen LogP contribution >= 0.6 is 0 Å². The highest BCUT2D eigenvalue weighted by Crippen LogP contribution is 2.31. The van der Waals surface area contributed by atoms with Crippen molar-refractivity contribution in [2.24, 2.45) is 5.41 Å². The summed E-state index contributed by atoms with van der Waals surface area (Å²) in [7, 11) is 0. The Balaban J connectivity index is 3.18. The minimum atomic E-state index is -0.318. The predicted molar refractivity (Wildman–Crippen MR) is 95.9 cm³/mol. The van der Waals surface area contributed by atoms with Gasteiger partial charge in [-0.3, -0.25) is 10.1 Å². The first-order chi connectivity index (χ1) is 10.8. The van der Waals surface area contributed by atoms with Gasteiger partial charge < -0.3 is 4.90 Å². The van der Waals surface area contributed by atoms with Gasteiger partial charge in [0.25, 0.3) is 0 Å². The average molecular weight is 321 g/mol. The Bertz CT molecular complexity index is 491. The summed E-state index contributed by atoms with van der Waals surface area (Å²) >= 11 is 0. The van der Waals surface area contributed by atoms with Crippen LogP contribution in [0.15, 0.2) is 18.3 Å². The first-order valence-corrected chi connectivity index (χ1v) is 8.66. The van der Waals surface area contributed by atoms with Gasteiger partial charge >= 0.3 is 5.69 Å². The molecule has 130 valence electrons. The van der Waals surface area contributed by atoms with Gasteiger partial charge in [-0.2, -0.15) is 0 Å². The third-order valence-electron chi connectivity index (χ3n) is 4.02. The molecule has 0 aromatic carbocycles. The average Bonchev–Trinajstić information content (AvgIpc) is 2.47. The number of hydrogen-bond acceptors (Lipinski definition) is 4. The number of rotatable bonds is 9. The predicted octanol–water partition coefficient (Wildman–Crippen LogP) is 5.20. The second kappa shape index (κ2) is 8.85. The molecule has 23 heavy (non-hydrogen) atoms. The van der Waals surface area contributed by atoms with Crippen LogP contribution in [0.1, 0.15) is 66.7 Å². The fraction of sp³-hybridized carbons (Fsp3) is 0.722. The highest BCUT2D eigenvalue weighted by Gasteiger charge is 2.27. The first-order valence-electron chi connectivity index (χ1n) is 8.66. The number of hydrogen-bond donors (Lipinski definition) is 0. The van der Waals surface area contributed by atoms with Gasteiger partial charge in [0.1, 0.15) is 0 Å². The highest BCUT2D eigenvalue weighted by atomic mass is 16.6. The molecule has 0 spiro atoms. The summed E-state index contributed by atoms with van der Waals surface area (Å²) in [5.41, 5.74) is 0.295. The Morgan fingerprint density at radius 1 is 1.26 bits per heavy atom. The van der Waals surface area contributed by atoms with E-state index in [1.807, 2.05) is 0 Å². The summed E-state index contributed by atoms with van der Waals surface area (Å²) in [5, 5.41) is 11.4. The number of pyridine rings is 1.